The molecule has 0 radical (unpaired) electrons. The van der Waals surface area contributed by atoms with Crippen LogP contribution >= 0.6 is 11.3 Å². The Balaban J connectivity index is 1.69. The van der Waals surface area contributed by atoms with E-state index in [0.29, 0.717) is 5.92 Å². The summed E-state index contributed by atoms with van der Waals surface area (Å²) in [6, 6.07) is 9.86. The number of urea groups is 1. The number of rotatable bonds is 4. The van der Waals surface area contributed by atoms with Crippen LogP contribution in [0.15, 0.2) is 40.7 Å². The fourth-order valence-electron chi connectivity index (χ4n) is 4.19. The minimum atomic E-state index is -0.240. The van der Waals surface area contributed by atoms with Crippen molar-refractivity contribution in [3.8, 4) is 0 Å². The summed E-state index contributed by atoms with van der Waals surface area (Å²) < 4.78 is 0. The molecule has 1 fully saturated rings. The average Bonchev–Trinajstić information content (AvgIpc) is 3.18. The van der Waals surface area contributed by atoms with E-state index in [1.807, 2.05) is 18.2 Å². The molecule has 1 aromatic carbocycles. The van der Waals surface area contributed by atoms with E-state index >= 15 is 0 Å². The summed E-state index contributed by atoms with van der Waals surface area (Å²) in [4.78, 5) is 21.5. The van der Waals surface area contributed by atoms with E-state index < -0.39 is 0 Å². The van der Waals surface area contributed by atoms with Gasteiger partial charge in [-0.3, -0.25) is 0 Å². The quantitative estimate of drug-likeness (QED) is 0.766. The molecule has 2 amide bonds. The molecule has 1 aliphatic carbocycles. The normalized spacial score (nSPS) is 24.2. The second kappa shape index (κ2) is 7.70. The van der Waals surface area contributed by atoms with Crippen molar-refractivity contribution in [2.45, 2.75) is 63.3 Å². The number of benzene rings is 1. The van der Waals surface area contributed by atoms with Gasteiger partial charge in [0.1, 0.15) is 5.01 Å². The van der Waals surface area contributed by atoms with Crippen LogP contribution in [0, 0.1) is 0 Å². The minimum absolute atomic E-state index is 0.0300. The molecular formula is C21H25N3OS. The molecule has 1 aromatic heterocycles. The van der Waals surface area contributed by atoms with Crippen LogP contribution in [0.2, 0.25) is 0 Å². The van der Waals surface area contributed by atoms with Gasteiger partial charge in [-0.05, 0) is 24.8 Å². The molecular weight excluding hydrogens is 342 g/mol. The summed E-state index contributed by atoms with van der Waals surface area (Å²) in [5.74, 6) is 0.631. The number of carbonyl (C=O) groups is 1. The van der Waals surface area contributed by atoms with Gasteiger partial charge in [-0.2, -0.15) is 0 Å². The number of hydrogen-bond donors (Lipinski definition) is 1. The van der Waals surface area contributed by atoms with Gasteiger partial charge in [0.25, 0.3) is 0 Å². The van der Waals surface area contributed by atoms with Gasteiger partial charge in [0.15, 0.2) is 0 Å². The third-order valence-electron chi connectivity index (χ3n) is 5.57. The highest BCUT2D eigenvalue weighted by Crippen LogP contribution is 2.40. The van der Waals surface area contributed by atoms with E-state index in [0.717, 1.165) is 22.7 Å². The molecule has 5 heteroatoms. The van der Waals surface area contributed by atoms with E-state index in [4.69, 9.17) is 4.98 Å². The second-order valence-electron chi connectivity index (χ2n) is 7.22. The van der Waals surface area contributed by atoms with Gasteiger partial charge in [-0.1, -0.05) is 56.5 Å². The molecule has 2 aromatic rings. The Labute approximate surface area is 158 Å². The van der Waals surface area contributed by atoms with Crippen molar-refractivity contribution in [3.63, 3.8) is 0 Å². The topological polar surface area (TPSA) is 54.4 Å². The fraction of sp³-hybridized carbons (Fsp3) is 0.476. The molecule has 0 bridgehead atoms. The molecule has 2 aliphatic rings. The number of nitrogens with one attached hydrogen (secondary N) is 1. The SMILES string of the molecule is CCC1=NC(=O)NC(c2ccccc2)C1c1nc(C2CCCCC2)cs1. The molecule has 136 valence electrons. The number of hydrogen-bond acceptors (Lipinski definition) is 3. The van der Waals surface area contributed by atoms with Crippen molar-refractivity contribution in [2.75, 3.05) is 0 Å². The summed E-state index contributed by atoms with van der Waals surface area (Å²) in [7, 11) is 0. The van der Waals surface area contributed by atoms with Gasteiger partial charge < -0.3 is 5.32 Å². The Morgan fingerprint density at radius 3 is 2.65 bits per heavy atom. The Hall–Kier alpha value is -2.01. The summed E-state index contributed by atoms with van der Waals surface area (Å²) in [6.45, 7) is 2.07. The first kappa shape index (κ1) is 17.4. The Morgan fingerprint density at radius 2 is 1.92 bits per heavy atom. The number of aliphatic imine (C=N–C) groups is 1. The molecule has 26 heavy (non-hydrogen) atoms. The van der Waals surface area contributed by atoms with E-state index in [9.17, 15) is 4.79 Å². The first-order chi connectivity index (χ1) is 12.8. The van der Waals surface area contributed by atoms with Crippen LogP contribution < -0.4 is 5.32 Å². The largest absolute Gasteiger partial charge is 0.341 e. The number of nitrogens with zero attached hydrogens (tertiary/aromatic N) is 2. The van der Waals surface area contributed by atoms with Gasteiger partial charge in [0.2, 0.25) is 0 Å². The smallest absolute Gasteiger partial charge is 0.328 e. The molecule has 1 saturated carbocycles. The van der Waals surface area contributed by atoms with Crippen molar-refractivity contribution in [1.29, 1.82) is 0 Å². The van der Waals surface area contributed by atoms with Crippen LogP contribution in [0.25, 0.3) is 0 Å². The van der Waals surface area contributed by atoms with Gasteiger partial charge in [-0.15, -0.1) is 11.3 Å². The van der Waals surface area contributed by atoms with Crippen molar-refractivity contribution < 1.29 is 4.79 Å². The Bertz CT molecular complexity index is 793. The maximum absolute atomic E-state index is 12.1. The van der Waals surface area contributed by atoms with Crippen molar-refractivity contribution in [3.05, 3.63) is 52.0 Å². The lowest BCUT2D eigenvalue weighted by Gasteiger charge is -2.31. The van der Waals surface area contributed by atoms with Crippen molar-refractivity contribution >= 4 is 23.1 Å². The predicted octanol–water partition coefficient (Wildman–Crippen LogP) is 5.59. The zero-order chi connectivity index (χ0) is 17.9. The standard InChI is InChI=1S/C21H25N3OS/c1-2-16-18(19(24-21(25)23-16)15-11-7-4-8-12-15)20-22-17(13-26-20)14-9-5-3-6-10-14/h4,7-8,11-14,18-19H,2-3,5-6,9-10H2,1H3,(H,24,25). The van der Waals surface area contributed by atoms with Crippen LogP contribution in [-0.4, -0.2) is 16.7 Å². The molecule has 0 spiro atoms. The molecule has 2 unspecified atom stereocenters. The Morgan fingerprint density at radius 1 is 1.15 bits per heavy atom. The van der Waals surface area contributed by atoms with Gasteiger partial charge >= 0.3 is 6.03 Å². The summed E-state index contributed by atoms with van der Waals surface area (Å²) >= 11 is 1.73. The third kappa shape index (κ3) is 3.45. The molecule has 1 N–H and O–H groups in total. The lowest BCUT2D eigenvalue weighted by atomic mass is 9.86. The zero-order valence-electron chi connectivity index (χ0n) is 15.1. The first-order valence-corrected chi connectivity index (χ1v) is 10.5. The highest BCUT2D eigenvalue weighted by atomic mass is 32.1. The van der Waals surface area contributed by atoms with Crippen LogP contribution in [0.1, 0.15) is 79.6 Å². The lowest BCUT2D eigenvalue weighted by molar-refractivity contribution is 0.242. The van der Waals surface area contributed by atoms with Crippen LogP contribution in [0.3, 0.4) is 0 Å². The molecule has 4 nitrogen and oxygen atoms in total. The predicted molar refractivity (Wildman–Crippen MR) is 106 cm³/mol. The number of aromatic nitrogens is 1. The van der Waals surface area contributed by atoms with Gasteiger partial charge in [0.05, 0.1) is 17.7 Å². The average molecular weight is 368 g/mol. The van der Waals surface area contributed by atoms with Crippen molar-refractivity contribution in [2.24, 2.45) is 4.99 Å². The van der Waals surface area contributed by atoms with E-state index in [2.05, 4.69) is 34.7 Å². The summed E-state index contributed by atoms with van der Waals surface area (Å²) in [5, 5.41) is 6.39. The fourth-order valence-corrected chi connectivity index (χ4v) is 5.25. The maximum atomic E-state index is 12.1. The zero-order valence-corrected chi connectivity index (χ0v) is 16.0. The molecule has 2 atom stereocenters. The Kier molecular flexibility index (Phi) is 5.16. The van der Waals surface area contributed by atoms with Gasteiger partial charge in [0, 0.05) is 17.0 Å². The molecule has 2 heterocycles. The first-order valence-electron chi connectivity index (χ1n) is 9.64. The summed E-state index contributed by atoms with van der Waals surface area (Å²) in [5.41, 5.74) is 3.29. The third-order valence-corrected chi connectivity index (χ3v) is 6.51. The number of carbonyl (C=O) groups excluding carboxylic acids is 1. The number of thiazole rings is 1. The molecule has 0 saturated heterocycles. The van der Waals surface area contributed by atoms with Crippen LogP contribution in [-0.2, 0) is 0 Å². The number of amides is 2. The van der Waals surface area contributed by atoms with Crippen LogP contribution in [0.5, 0.6) is 0 Å². The minimum Gasteiger partial charge on any atom is -0.328 e. The lowest BCUT2D eigenvalue weighted by Crippen LogP contribution is -2.39. The second-order valence-corrected chi connectivity index (χ2v) is 8.11. The molecule has 1 aliphatic heterocycles. The maximum Gasteiger partial charge on any atom is 0.341 e. The van der Waals surface area contributed by atoms with E-state index in [-0.39, 0.29) is 18.0 Å². The van der Waals surface area contributed by atoms with Crippen LogP contribution in [0.4, 0.5) is 4.79 Å². The van der Waals surface area contributed by atoms with E-state index in [1.165, 1.54) is 37.8 Å². The molecule has 4 rings (SSSR count). The highest BCUT2D eigenvalue weighted by Gasteiger charge is 2.36. The summed E-state index contributed by atoms with van der Waals surface area (Å²) in [6.07, 6.45) is 7.24. The van der Waals surface area contributed by atoms with E-state index in [1.54, 1.807) is 11.3 Å². The van der Waals surface area contributed by atoms with Crippen molar-refractivity contribution in [1.82, 2.24) is 10.3 Å². The monoisotopic (exact) mass is 367 g/mol. The highest BCUT2D eigenvalue weighted by molar-refractivity contribution is 7.09. The van der Waals surface area contributed by atoms with Gasteiger partial charge in [-0.25, -0.2) is 14.8 Å².